The maximum atomic E-state index is 13.9. The summed E-state index contributed by atoms with van der Waals surface area (Å²) in [7, 11) is 0. The van der Waals surface area contributed by atoms with Crippen molar-refractivity contribution in [2.75, 3.05) is 45.9 Å². The summed E-state index contributed by atoms with van der Waals surface area (Å²) in [5.74, 6) is 0.0414. The highest BCUT2D eigenvalue weighted by molar-refractivity contribution is 5.87. The predicted octanol–water partition coefficient (Wildman–Crippen LogP) is 12.7. The van der Waals surface area contributed by atoms with Crippen molar-refractivity contribution in [3.05, 3.63) is 12.2 Å². The Morgan fingerprint density at radius 2 is 1.05 bits per heavy atom. The van der Waals surface area contributed by atoms with Gasteiger partial charge in [-0.3, -0.25) is 19.2 Å². The lowest BCUT2D eigenvalue weighted by molar-refractivity contribution is -0.145. The van der Waals surface area contributed by atoms with E-state index in [4.69, 9.17) is 9.47 Å². The van der Waals surface area contributed by atoms with Crippen LogP contribution in [0.15, 0.2) is 12.2 Å². The van der Waals surface area contributed by atoms with E-state index in [1.54, 1.807) is 4.90 Å². The average molecular weight is 848 g/mol. The average Bonchev–Trinajstić information content (AvgIpc) is 3.25. The molecule has 0 saturated heterocycles. The van der Waals surface area contributed by atoms with Crippen molar-refractivity contribution >= 4 is 23.8 Å². The minimum absolute atomic E-state index is 0.0268. The minimum atomic E-state index is -0.566. The Kier molecular flexibility index (Phi) is 41.5. The molecule has 0 spiro atoms. The monoisotopic (exact) mass is 848 g/mol. The van der Waals surface area contributed by atoms with Gasteiger partial charge in [-0.1, -0.05) is 176 Å². The number of ether oxygens (including phenoxy) is 2. The highest BCUT2D eigenvalue weighted by Crippen LogP contribution is 2.20. The Hall–Kier alpha value is -2.42. The molecule has 0 rings (SSSR count). The summed E-state index contributed by atoms with van der Waals surface area (Å²) in [4.78, 5) is 57.1. The first kappa shape index (κ1) is 57.6. The Morgan fingerprint density at radius 3 is 1.72 bits per heavy atom. The van der Waals surface area contributed by atoms with Crippen LogP contribution < -0.4 is 5.32 Å². The molecule has 0 aromatic rings. The molecule has 0 bridgehead atoms. The highest BCUT2D eigenvalue weighted by atomic mass is 16.5. The van der Waals surface area contributed by atoms with Gasteiger partial charge >= 0.3 is 11.9 Å². The minimum Gasteiger partial charge on any atom is -0.465 e. The van der Waals surface area contributed by atoms with Crippen LogP contribution in [0.5, 0.6) is 0 Å². The van der Waals surface area contributed by atoms with Crippen molar-refractivity contribution in [3.63, 3.8) is 0 Å². The second-order valence-corrected chi connectivity index (χ2v) is 17.2. The number of amides is 2. The number of allylic oxidation sites excluding steroid dienone is 1. The molecule has 2 amide bonds. The summed E-state index contributed by atoms with van der Waals surface area (Å²) >= 11 is 0. The summed E-state index contributed by atoms with van der Waals surface area (Å²) < 4.78 is 11.2. The SMILES string of the molecule is CCCCCC/C=C\COC(=O)CCCN(C(=O)CCN(CC)CC)C(CCCCCCCCC(=O)OCC(CCCC)CCCCCC)C(=O)NCCCCCCCC. The van der Waals surface area contributed by atoms with Crippen LogP contribution in [0, 0.1) is 5.92 Å². The van der Waals surface area contributed by atoms with Gasteiger partial charge < -0.3 is 24.6 Å². The Bertz CT molecular complexity index is 1050. The summed E-state index contributed by atoms with van der Waals surface area (Å²) in [5, 5.41) is 3.19. The van der Waals surface area contributed by atoms with Gasteiger partial charge in [-0.05, 0) is 70.4 Å². The molecule has 0 aliphatic rings. The van der Waals surface area contributed by atoms with Gasteiger partial charge in [-0.25, -0.2) is 0 Å². The quantitative estimate of drug-likeness (QED) is 0.0370. The summed E-state index contributed by atoms with van der Waals surface area (Å²) in [6.07, 6.45) is 34.2. The summed E-state index contributed by atoms with van der Waals surface area (Å²) in [5.41, 5.74) is 0. The van der Waals surface area contributed by atoms with E-state index in [1.807, 2.05) is 6.08 Å². The zero-order chi connectivity index (χ0) is 44.3. The molecule has 2 atom stereocenters. The normalized spacial score (nSPS) is 12.5. The zero-order valence-corrected chi connectivity index (χ0v) is 40.3. The third-order valence-electron chi connectivity index (χ3n) is 11.9. The van der Waals surface area contributed by atoms with E-state index in [0.717, 1.165) is 90.1 Å². The fourth-order valence-electron chi connectivity index (χ4n) is 7.80. The molecule has 0 aliphatic heterocycles. The number of nitrogens with zero attached hydrogens (tertiary/aromatic N) is 2. The molecular weight excluding hydrogens is 751 g/mol. The van der Waals surface area contributed by atoms with Crippen molar-refractivity contribution in [1.29, 1.82) is 0 Å². The molecule has 60 heavy (non-hydrogen) atoms. The van der Waals surface area contributed by atoms with Gasteiger partial charge in [0.1, 0.15) is 12.6 Å². The number of carbonyl (C=O) groups is 4. The largest absolute Gasteiger partial charge is 0.465 e. The van der Waals surface area contributed by atoms with E-state index < -0.39 is 6.04 Å². The fourth-order valence-corrected chi connectivity index (χ4v) is 7.80. The van der Waals surface area contributed by atoms with E-state index in [1.165, 1.54) is 83.5 Å². The molecule has 0 heterocycles. The van der Waals surface area contributed by atoms with Gasteiger partial charge in [0, 0.05) is 38.9 Å². The lowest BCUT2D eigenvalue weighted by Crippen LogP contribution is -2.50. The molecule has 1 N–H and O–H groups in total. The lowest BCUT2D eigenvalue weighted by Gasteiger charge is -2.32. The van der Waals surface area contributed by atoms with Gasteiger partial charge in [0.25, 0.3) is 0 Å². The van der Waals surface area contributed by atoms with Crippen molar-refractivity contribution in [1.82, 2.24) is 15.1 Å². The van der Waals surface area contributed by atoms with E-state index in [-0.39, 0.29) is 36.8 Å². The van der Waals surface area contributed by atoms with Gasteiger partial charge in [-0.15, -0.1) is 0 Å². The molecule has 0 fully saturated rings. The van der Waals surface area contributed by atoms with Crippen LogP contribution in [0.1, 0.15) is 234 Å². The lowest BCUT2D eigenvalue weighted by atomic mass is 9.96. The van der Waals surface area contributed by atoms with E-state index >= 15 is 0 Å². The number of esters is 2. The van der Waals surface area contributed by atoms with Crippen molar-refractivity contribution < 1.29 is 28.7 Å². The molecule has 9 heteroatoms. The van der Waals surface area contributed by atoms with Crippen LogP contribution in [-0.4, -0.2) is 85.5 Å². The smallest absolute Gasteiger partial charge is 0.306 e. The second-order valence-electron chi connectivity index (χ2n) is 17.2. The Morgan fingerprint density at radius 1 is 0.517 bits per heavy atom. The maximum absolute atomic E-state index is 13.9. The number of rotatable bonds is 44. The molecule has 0 aromatic heterocycles. The first-order chi connectivity index (χ1) is 29.3. The third-order valence-corrected chi connectivity index (χ3v) is 11.9. The van der Waals surface area contributed by atoms with Gasteiger partial charge in [0.15, 0.2) is 0 Å². The van der Waals surface area contributed by atoms with Crippen molar-refractivity contribution in [3.8, 4) is 0 Å². The van der Waals surface area contributed by atoms with Gasteiger partial charge in [-0.2, -0.15) is 0 Å². The van der Waals surface area contributed by atoms with E-state index in [2.05, 4.69) is 57.8 Å². The van der Waals surface area contributed by atoms with Gasteiger partial charge in [0.05, 0.1) is 6.61 Å². The number of carbonyl (C=O) groups excluding carboxylic acids is 4. The molecule has 9 nitrogen and oxygen atoms in total. The summed E-state index contributed by atoms with van der Waals surface area (Å²) in [6, 6.07) is -0.566. The molecule has 0 saturated carbocycles. The van der Waals surface area contributed by atoms with Crippen molar-refractivity contribution in [2.24, 2.45) is 5.92 Å². The topological polar surface area (TPSA) is 105 Å². The zero-order valence-electron chi connectivity index (χ0n) is 40.3. The number of hydrogen-bond donors (Lipinski definition) is 1. The first-order valence-electron chi connectivity index (χ1n) is 25.5. The molecule has 352 valence electrons. The standard InChI is InChI=1S/C51H97N3O6/c1-7-13-17-20-24-28-33-44-59-49(56)39-34-42-54(48(55)40-43-53(11-5)12-6)47(51(58)52-41-32-27-21-18-14-8-2)37-30-25-22-23-26-31-38-50(57)60-45-46(35-16-10-4)36-29-19-15-9-3/h28,33,46-47H,7-27,29-32,34-45H2,1-6H3,(H,52,58)/b33-28-. The molecule has 0 radical (unpaired) electrons. The first-order valence-corrected chi connectivity index (χ1v) is 25.5. The van der Waals surface area contributed by atoms with Crippen LogP contribution in [0.25, 0.3) is 0 Å². The fraction of sp³-hybridized carbons (Fsp3) is 0.882. The van der Waals surface area contributed by atoms with Crippen molar-refractivity contribution in [2.45, 2.75) is 240 Å². The van der Waals surface area contributed by atoms with Gasteiger partial charge in [0.2, 0.25) is 11.8 Å². The van der Waals surface area contributed by atoms with Crippen LogP contribution in [-0.2, 0) is 28.7 Å². The molecule has 2 unspecified atom stereocenters. The van der Waals surface area contributed by atoms with Crippen LogP contribution >= 0.6 is 0 Å². The van der Waals surface area contributed by atoms with Crippen LogP contribution in [0.4, 0.5) is 0 Å². The highest BCUT2D eigenvalue weighted by Gasteiger charge is 2.29. The maximum Gasteiger partial charge on any atom is 0.306 e. The van der Waals surface area contributed by atoms with E-state index in [0.29, 0.717) is 57.8 Å². The number of nitrogens with one attached hydrogen (secondary N) is 1. The Balaban J connectivity index is 5.28. The predicted molar refractivity (Wildman–Crippen MR) is 252 cm³/mol. The third kappa shape index (κ3) is 34.2. The van der Waals surface area contributed by atoms with Crippen LogP contribution in [0.2, 0.25) is 0 Å². The Labute approximate surface area is 370 Å². The molecule has 0 aliphatic carbocycles. The second kappa shape index (κ2) is 43.2. The van der Waals surface area contributed by atoms with E-state index in [9.17, 15) is 19.2 Å². The number of hydrogen-bond acceptors (Lipinski definition) is 7. The molecule has 0 aromatic carbocycles. The number of unbranched alkanes of at least 4 members (excludes halogenated alkanes) is 18. The van der Waals surface area contributed by atoms with Crippen LogP contribution in [0.3, 0.4) is 0 Å². The molecular formula is C51H97N3O6. The summed E-state index contributed by atoms with van der Waals surface area (Å²) in [6.45, 7) is 17.3.